The van der Waals surface area contributed by atoms with E-state index in [0.29, 0.717) is 35.2 Å². The second-order valence-corrected chi connectivity index (χ2v) is 6.56. The lowest BCUT2D eigenvalue weighted by molar-refractivity contribution is 0.236. The van der Waals surface area contributed by atoms with Gasteiger partial charge in [0.2, 0.25) is 0 Å². The number of benzene rings is 1. The molecule has 1 N–H and O–H groups in total. The number of nitrogens with zero attached hydrogens (tertiary/aromatic N) is 4. The van der Waals surface area contributed by atoms with Gasteiger partial charge in [0.1, 0.15) is 24.0 Å². The van der Waals surface area contributed by atoms with E-state index in [2.05, 4.69) is 20.3 Å². The van der Waals surface area contributed by atoms with Gasteiger partial charge in [-0.2, -0.15) is 5.10 Å². The number of fused-ring (bicyclic) bond motifs is 6. The van der Waals surface area contributed by atoms with E-state index in [0.717, 1.165) is 31.9 Å². The highest BCUT2D eigenvalue weighted by molar-refractivity contribution is 5.78. The van der Waals surface area contributed by atoms with Crippen LogP contribution in [-0.2, 0) is 0 Å². The minimum Gasteiger partial charge on any atom is -0.492 e. The highest BCUT2D eigenvalue weighted by Crippen LogP contribution is 2.30. The lowest BCUT2D eigenvalue weighted by Crippen LogP contribution is -2.29. The van der Waals surface area contributed by atoms with Crippen molar-refractivity contribution < 1.29 is 9.13 Å². The van der Waals surface area contributed by atoms with Crippen LogP contribution in [0.3, 0.4) is 0 Å². The Balaban J connectivity index is 1.67. The van der Waals surface area contributed by atoms with Crippen molar-refractivity contribution in [3.05, 3.63) is 42.5 Å². The second-order valence-electron chi connectivity index (χ2n) is 6.56. The molecule has 0 saturated carbocycles. The number of anilines is 1. The summed E-state index contributed by atoms with van der Waals surface area (Å²) >= 11 is 0. The highest BCUT2D eigenvalue weighted by atomic mass is 19.1. The number of hydrogen-bond donors (Lipinski definition) is 1. The molecule has 2 unspecified atom stereocenters. The van der Waals surface area contributed by atoms with Crippen molar-refractivity contribution in [1.82, 2.24) is 19.5 Å². The van der Waals surface area contributed by atoms with Gasteiger partial charge in [0.25, 0.3) is 0 Å². The number of hydrogen-bond acceptors (Lipinski definition) is 5. The van der Waals surface area contributed by atoms with Gasteiger partial charge in [0.15, 0.2) is 5.65 Å². The Labute approximate surface area is 144 Å². The first-order valence-corrected chi connectivity index (χ1v) is 8.52. The third-order valence-corrected chi connectivity index (χ3v) is 4.90. The van der Waals surface area contributed by atoms with E-state index in [1.54, 1.807) is 22.8 Å². The van der Waals surface area contributed by atoms with Crippen molar-refractivity contribution in [1.29, 1.82) is 0 Å². The Hall–Kier alpha value is -2.67. The molecule has 128 valence electrons. The van der Waals surface area contributed by atoms with Crippen molar-refractivity contribution in [3.8, 4) is 16.9 Å². The van der Waals surface area contributed by atoms with Gasteiger partial charge >= 0.3 is 0 Å². The largest absolute Gasteiger partial charge is 0.492 e. The van der Waals surface area contributed by atoms with Crippen LogP contribution in [0.25, 0.3) is 16.8 Å². The number of ether oxygens (including phenoxy) is 1. The highest BCUT2D eigenvalue weighted by Gasteiger charge is 2.23. The average Bonchev–Trinajstić information content (AvgIpc) is 3.23. The molecule has 2 aliphatic rings. The van der Waals surface area contributed by atoms with Crippen molar-refractivity contribution >= 4 is 11.5 Å². The van der Waals surface area contributed by atoms with E-state index < -0.39 is 0 Å². The fourth-order valence-electron chi connectivity index (χ4n) is 3.60. The van der Waals surface area contributed by atoms with Gasteiger partial charge in [-0.15, -0.1) is 0 Å². The second kappa shape index (κ2) is 5.70. The zero-order valence-corrected chi connectivity index (χ0v) is 13.7. The van der Waals surface area contributed by atoms with Crippen molar-refractivity contribution in [2.75, 3.05) is 31.6 Å². The maximum atomic E-state index is 14.4. The minimum atomic E-state index is -0.307. The molecular formula is C18H18FN5O. The van der Waals surface area contributed by atoms with Gasteiger partial charge in [-0.25, -0.2) is 13.9 Å². The molecule has 6 bridgehead atoms. The molecule has 2 aliphatic heterocycles. The molecule has 1 aromatic carbocycles. The van der Waals surface area contributed by atoms with Crippen molar-refractivity contribution in [2.24, 2.45) is 0 Å². The van der Waals surface area contributed by atoms with Gasteiger partial charge < -0.3 is 10.1 Å². The Morgan fingerprint density at radius 1 is 1.20 bits per heavy atom. The summed E-state index contributed by atoms with van der Waals surface area (Å²) in [6.45, 7) is 3.45. The number of aromatic nitrogens is 3. The SMILES string of the molecule is Fc1ccc2cc1-c1cnn3ccc(nc13)NC1CCN(CCO2)C1. The Morgan fingerprint density at radius 2 is 2.16 bits per heavy atom. The van der Waals surface area contributed by atoms with Gasteiger partial charge in [-0.3, -0.25) is 4.90 Å². The van der Waals surface area contributed by atoms with E-state index in [4.69, 9.17) is 4.74 Å². The summed E-state index contributed by atoms with van der Waals surface area (Å²) in [6, 6.07) is 7.11. The normalized spacial score (nSPS) is 22.4. The van der Waals surface area contributed by atoms with Crippen LogP contribution in [-0.4, -0.2) is 51.8 Å². The first-order valence-electron chi connectivity index (χ1n) is 8.52. The fraction of sp³-hybridized carbons (Fsp3) is 0.333. The smallest absolute Gasteiger partial charge is 0.165 e. The standard InChI is InChI=1S/C18H18FN5O/c19-16-2-1-13-9-14(16)15-10-20-24-6-4-17(22-18(15)24)21-12-3-5-23(11-12)7-8-25-13/h1-2,4,6,9-10,12H,3,5,7-8,11H2,(H,21,22). The summed E-state index contributed by atoms with van der Waals surface area (Å²) in [7, 11) is 0. The topological polar surface area (TPSA) is 54.7 Å². The van der Waals surface area contributed by atoms with Crippen LogP contribution in [0, 0.1) is 5.82 Å². The average molecular weight is 339 g/mol. The molecule has 6 nitrogen and oxygen atoms in total. The maximum absolute atomic E-state index is 14.4. The monoisotopic (exact) mass is 339 g/mol. The van der Waals surface area contributed by atoms with Crippen LogP contribution in [0.5, 0.6) is 5.75 Å². The fourth-order valence-corrected chi connectivity index (χ4v) is 3.60. The summed E-state index contributed by atoms with van der Waals surface area (Å²) in [5.74, 6) is 1.15. The Bertz CT molecular complexity index is 940. The summed E-state index contributed by atoms with van der Waals surface area (Å²) in [6.07, 6.45) is 4.57. The molecule has 0 amide bonds. The predicted molar refractivity (Wildman–Crippen MR) is 92.3 cm³/mol. The number of rotatable bonds is 0. The van der Waals surface area contributed by atoms with Crippen molar-refractivity contribution in [3.63, 3.8) is 0 Å². The van der Waals surface area contributed by atoms with E-state index >= 15 is 0 Å². The van der Waals surface area contributed by atoms with E-state index in [9.17, 15) is 4.39 Å². The first-order chi connectivity index (χ1) is 12.3. The van der Waals surface area contributed by atoms with E-state index in [-0.39, 0.29) is 5.82 Å². The molecule has 1 fully saturated rings. The molecule has 3 aromatic rings. The summed E-state index contributed by atoms with van der Waals surface area (Å²) < 4.78 is 21.9. The van der Waals surface area contributed by atoms with Gasteiger partial charge in [-0.1, -0.05) is 0 Å². The molecule has 0 spiro atoms. The molecule has 1 saturated heterocycles. The van der Waals surface area contributed by atoms with Crippen LogP contribution in [0.2, 0.25) is 0 Å². The van der Waals surface area contributed by atoms with E-state index in [1.165, 1.54) is 6.07 Å². The molecule has 25 heavy (non-hydrogen) atoms. The molecule has 2 aromatic heterocycles. The lowest BCUT2D eigenvalue weighted by Gasteiger charge is -2.18. The number of nitrogens with one attached hydrogen (secondary N) is 1. The summed E-state index contributed by atoms with van der Waals surface area (Å²) in [5.41, 5.74) is 1.75. The van der Waals surface area contributed by atoms with Crippen LogP contribution >= 0.6 is 0 Å². The molecule has 4 heterocycles. The molecule has 5 rings (SSSR count). The van der Waals surface area contributed by atoms with Crippen LogP contribution in [0.1, 0.15) is 6.42 Å². The van der Waals surface area contributed by atoms with Crippen LogP contribution < -0.4 is 10.1 Å². The Kier molecular flexibility index (Phi) is 3.34. The van der Waals surface area contributed by atoms with Gasteiger partial charge in [-0.05, 0) is 30.7 Å². The minimum absolute atomic E-state index is 0.307. The summed E-state index contributed by atoms with van der Waals surface area (Å²) in [5, 5.41) is 7.80. The van der Waals surface area contributed by atoms with Crippen molar-refractivity contribution in [2.45, 2.75) is 12.5 Å². The van der Waals surface area contributed by atoms with Gasteiger partial charge in [0.05, 0.1) is 6.20 Å². The molecule has 2 atom stereocenters. The third-order valence-electron chi connectivity index (χ3n) is 4.90. The Morgan fingerprint density at radius 3 is 3.12 bits per heavy atom. The number of halogens is 1. The van der Waals surface area contributed by atoms with Crippen LogP contribution in [0.4, 0.5) is 10.2 Å². The predicted octanol–water partition coefficient (Wildman–Crippen LogP) is 2.41. The quantitative estimate of drug-likeness (QED) is 0.682. The molecule has 7 heteroatoms. The molecule has 0 radical (unpaired) electrons. The molecular weight excluding hydrogens is 321 g/mol. The zero-order valence-electron chi connectivity index (χ0n) is 13.7. The lowest BCUT2D eigenvalue weighted by atomic mass is 10.1. The van der Waals surface area contributed by atoms with Crippen LogP contribution in [0.15, 0.2) is 36.7 Å². The first kappa shape index (κ1) is 14.7. The van der Waals surface area contributed by atoms with Gasteiger partial charge in [0, 0.05) is 43.0 Å². The zero-order chi connectivity index (χ0) is 16.8. The summed E-state index contributed by atoms with van der Waals surface area (Å²) in [4.78, 5) is 7.05. The van der Waals surface area contributed by atoms with E-state index in [1.807, 2.05) is 12.3 Å². The maximum Gasteiger partial charge on any atom is 0.165 e. The third kappa shape index (κ3) is 2.60. The molecule has 0 aliphatic carbocycles.